The maximum atomic E-state index is 5.30. The highest BCUT2D eigenvalue weighted by Crippen LogP contribution is 2.40. The van der Waals surface area contributed by atoms with Gasteiger partial charge in [0.25, 0.3) is 0 Å². The fraction of sp³-hybridized carbons (Fsp3) is 0.350. The second-order valence-corrected chi connectivity index (χ2v) is 5.69. The van der Waals surface area contributed by atoms with Gasteiger partial charge in [-0.2, -0.15) is 4.57 Å². The third-order valence-electron chi connectivity index (χ3n) is 4.63. The number of methoxy groups -OCH3 is 1. The van der Waals surface area contributed by atoms with E-state index in [1.165, 1.54) is 16.8 Å². The van der Waals surface area contributed by atoms with Crippen LogP contribution in [0.15, 0.2) is 49.7 Å². The number of hydrogen-bond acceptors (Lipinski definition) is 1. The fourth-order valence-corrected chi connectivity index (χ4v) is 3.52. The zero-order valence-corrected chi connectivity index (χ0v) is 13.9. The van der Waals surface area contributed by atoms with Crippen molar-refractivity contribution in [2.24, 2.45) is 5.92 Å². The number of nitrogens with zero attached hydrogens (tertiary/aromatic N) is 1. The lowest BCUT2D eigenvalue weighted by atomic mass is 9.78. The number of ether oxygens (including phenoxy) is 1. The van der Waals surface area contributed by atoms with Crippen LogP contribution in [-0.4, -0.2) is 13.7 Å². The first-order chi connectivity index (χ1) is 10.6. The molecule has 0 aromatic carbocycles. The normalized spacial score (nSPS) is 22.5. The van der Waals surface area contributed by atoms with E-state index in [0.717, 1.165) is 24.2 Å². The van der Waals surface area contributed by atoms with Gasteiger partial charge in [0.05, 0.1) is 5.92 Å². The lowest BCUT2D eigenvalue weighted by Gasteiger charge is -2.31. The van der Waals surface area contributed by atoms with Crippen molar-refractivity contribution in [1.29, 1.82) is 0 Å². The predicted molar refractivity (Wildman–Crippen MR) is 93.5 cm³/mol. The van der Waals surface area contributed by atoms with Crippen LogP contribution in [-0.2, 0) is 4.74 Å². The number of aromatic nitrogens is 1. The Morgan fingerprint density at radius 1 is 1.36 bits per heavy atom. The molecule has 2 heteroatoms. The fourth-order valence-electron chi connectivity index (χ4n) is 3.52. The van der Waals surface area contributed by atoms with Gasteiger partial charge in [-0.1, -0.05) is 31.9 Å². The smallest absolute Gasteiger partial charge is 0.216 e. The molecule has 0 aliphatic carbocycles. The van der Waals surface area contributed by atoms with E-state index in [1.807, 2.05) is 12.2 Å². The van der Waals surface area contributed by atoms with Crippen LogP contribution in [0.1, 0.15) is 36.2 Å². The third kappa shape index (κ3) is 2.59. The lowest BCUT2D eigenvalue weighted by molar-refractivity contribution is -0.722. The van der Waals surface area contributed by atoms with Crippen LogP contribution in [0.4, 0.5) is 0 Å². The van der Waals surface area contributed by atoms with E-state index in [4.69, 9.17) is 4.74 Å². The van der Waals surface area contributed by atoms with Crippen LogP contribution in [0, 0.1) is 12.8 Å². The summed E-state index contributed by atoms with van der Waals surface area (Å²) in [5.74, 6) is 0.349. The first kappa shape index (κ1) is 16.4. The van der Waals surface area contributed by atoms with Crippen LogP contribution >= 0.6 is 0 Å². The highest BCUT2D eigenvalue weighted by molar-refractivity contribution is 5.78. The van der Waals surface area contributed by atoms with E-state index in [-0.39, 0.29) is 6.04 Å². The Bertz CT molecular complexity index is 639. The molecule has 2 atom stereocenters. The van der Waals surface area contributed by atoms with Gasteiger partial charge in [0.15, 0.2) is 12.2 Å². The summed E-state index contributed by atoms with van der Waals surface area (Å²) in [5.41, 5.74) is 5.96. The van der Waals surface area contributed by atoms with E-state index in [9.17, 15) is 0 Å². The molecule has 1 aliphatic heterocycles. The highest BCUT2D eigenvalue weighted by atomic mass is 16.5. The summed E-state index contributed by atoms with van der Waals surface area (Å²) in [6.07, 6.45) is 9.21. The zero-order chi connectivity index (χ0) is 16.3. The Morgan fingerprint density at radius 3 is 2.64 bits per heavy atom. The summed E-state index contributed by atoms with van der Waals surface area (Å²) in [7, 11) is 1.75. The molecule has 0 radical (unpaired) electrons. The van der Waals surface area contributed by atoms with E-state index in [0.29, 0.717) is 5.92 Å². The molecule has 0 amide bonds. The van der Waals surface area contributed by atoms with Crippen LogP contribution < -0.4 is 4.57 Å². The Balaban J connectivity index is 2.65. The first-order valence-electron chi connectivity index (χ1n) is 7.75. The Morgan fingerprint density at radius 2 is 2.09 bits per heavy atom. The van der Waals surface area contributed by atoms with Crippen molar-refractivity contribution >= 4 is 11.6 Å². The van der Waals surface area contributed by atoms with Crippen molar-refractivity contribution in [1.82, 2.24) is 0 Å². The van der Waals surface area contributed by atoms with Gasteiger partial charge in [0.2, 0.25) is 5.69 Å². The van der Waals surface area contributed by atoms with Crippen LogP contribution in [0.25, 0.3) is 11.6 Å². The second kappa shape index (κ2) is 6.89. The van der Waals surface area contributed by atoms with E-state index in [2.05, 4.69) is 56.5 Å². The molecule has 2 nitrogen and oxygen atoms in total. The van der Waals surface area contributed by atoms with Gasteiger partial charge >= 0.3 is 0 Å². The van der Waals surface area contributed by atoms with E-state index >= 15 is 0 Å². The predicted octanol–water partition coefficient (Wildman–Crippen LogP) is 4.28. The minimum absolute atomic E-state index is 0.222. The van der Waals surface area contributed by atoms with Gasteiger partial charge in [-0.25, -0.2) is 0 Å². The van der Waals surface area contributed by atoms with Gasteiger partial charge in [0.1, 0.15) is 0 Å². The maximum Gasteiger partial charge on any atom is 0.216 e. The third-order valence-corrected chi connectivity index (χ3v) is 4.63. The number of fused-ring (bicyclic) bond motifs is 1. The van der Waals surface area contributed by atoms with E-state index < -0.39 is 0 Å². The molecule has 0 saturated carbocycles. The molecule has 2 rings (SSSR count). The van der Waals surface area contributed by atoms with Crippen molar-refractivity contribution in [2.75, 3.05) is 13.7 Å². The molecule has 22 heavy (non-hydrogen) atoms. The van der Waals surface area contributed by atoms with E-state index in [1.54, 1.807) is 7.11 Å². The Hall–Kier alpha value is -1.93. The van der Waals surface area contributed by atoms with Gasteiger partial charge in [-0.05, 0) is 37.5 Å². The minimum atomic E-state index is 0.222. The molecule has 2 heterocycles. The maximum absolute atomic E-state index is 5.30. The molecule has 1 aromatic heterocycles. The van der Waals surface area contributed by atoms with Gasteiger partial charge in [-0.15, -0.1) is 0 Å². The van der Waals surface area contributed by atoms with Crippen LogP contribution in [0.5, 0.6) is 0 Å². The Labute approximate surface area is 134 Å². The molecule has 0 bridgehead atoms. The first-order valence-corrected chi connectivity index (χ1v) is 7.75. The summed E-state index contributed by atoms with van der Waals surface area (Å²) >= 11 is 0. The molecule has 116 valence electrons. The molecule has 0 fully saturated rings. The Kier molecular flexibility index (Phi) is 5.15. The molecule has 1 aliphatic rings. The number of allylic oxidation sites excluding steroid dienone is 4. The van der Waals surface area contributed by atoms with Crippen molar-refractivity contribution in [3.63, 3.8) is 0 Å². The summed E-state index contributed by atoms with van der Waals surface area (Å²) in [6.45, 7) is 17.3. The molecular weight excluding hydrogens is 270 g/mol. The summed E-state index contributed by atoms with van der Waals surface area (Å²) in [4.78, 5) is 0. The van der Waals surface area contributed by atoms with Crippen LogP contribution in [0.3, 0.4) is 0 Å². The minimum Gasteiger partial charge on any atom is -0.385 e. The van der Waals surface area contributed by atoms with Crippen molar-refractivity contribution in [3.05, 3.63) is 66.5 Å². The molecule has 2 unspecified atom stereocenters. The second-order valence-electron chi connectivity index (χ2n) is 5.69. The molecule has 0 spiro atoms. The standard InChI is InChI=1S/C20H26NO/c1-7-16-10-12-21-19(9-3)18(11-13-22-6)17(8-2)15(5)20(21)14(16)4/h7-10,12,18-19H,1,3,5,11,13H2,2,4,6H3/q+1/b17-8+. The quantitative estimate of drug-likeness (QED) is 0.584. The molecule has 0 saturated heterocycles. The number of rotatable bonds is 5. The summed E-state index contributed by atoms with van der Waals surface area (Å²) in [6, 6.07) is 2.34. The topological polar surface area (TPSA) is 13.1 Å². The average molecular weight is 296 g/mol. The van der Waals surface area contributed by atoms with Crippen molar-refractivity contribution in [3.8, 4) is 0 Å². The monoisotopic (exact) mass is 296 g/mol. The highest BCUT2D eigenvalue weighted by Gasteiger charge is 2.40. The lowest BCUT2D eigenvalue weighted by Crippen LogP contribution is -2.50. The van der Waals surface area contributed by atoms with Gasteiger partial charge in [0, 0.05) is 30.9 Å². The average Bonchev–Trinajstić information content (AvgIpc) is 2.53. The summed E-state index contributed by atoms with van der Waals surface area (Å²) in [5, 5.41) is 0. The number of hydrogen-bond donors (Lipinski definition) is 0. The van der Waals surface area contributed by atoms with Gasteiger partial charge in [-0.3, -0.25) is 0 Å². The van der Waals surface area contributed by atoms with Crippen LogP contribution in [0.2, 0.25) is 0 Å². The van der Waals surface area contributed by atoms with Crippen molar-refractivity contribution < 1.29 is 9.30 Å². The largest absolute Gasteiger partial charge is 0.385 e. The molecule has 1 aromatic rings. The molecular formula is C20H26NO+. The summed E-state index contributed by atoms with van der Waals surface area (Å²) < 4.78 is 7.60. The molecule has 0 N–H and O–H groups in total. The zero-order valence-electron chi connectivity index (χ0n) is 13.9. The van der Waals surface area contributed by atoms with Gasteiger partial charge < -0.3 is 4.74 Å². The number of pyridine rings is 1. The van der Waals surface area contributed by atoms with Crippen molar-refractivity contribution in [2.45, 2.75) is 26.3 Å². The SMILES string of the molecule is C=Cc1cc[n+]2c(c1C)C(=C)/C(=C\C)C(CCOC)C2C=C.